The number of para-hydroxylation sites is 1. The first-order valence-electron chi connectivity index (χ1n) is 8.45. The average Bonchev–Trinajstić information content (AvgIpc) is 3.08. The highest BCUT2D eigenvalue weighted by Crippen LogP contribution is 2.39. The maximum absolute atomic E-state index is 6.49. The molecule has 3 heteroatoms. The van der Waals surface area contributed by atoms with Crippen LogP contribution in [0.5, 0.6) is 0 Å². The Morgan fingerprint density at radius 3 is 2.28 bits per heavy atom. The lowest BCUT2D eigenvalue weighted by molar-refractivity contribution is 0.709. The molecule has 0 radical (unpaired) electrons. The molecule has 0 bridgehead atoms. The third-order valence-electron chi connectivity index (χ3n) is 4.58. The normalized spacial score (nSPS) is 16.8. The summed E-state index contributed by atoms with van der Waals surface area (Å²) in [6, 6.07) is 27.0. The summed E-state index contributed by atoms with van der Waals surface area (Å²) in [6.07, 6.45) is 0.835. The third kappa shape index (κ3) is 3.18. The van der Waals surface area contributed by atoms with Gasteiger partial charge in [-0.3, -0.25) is 5.01 Å². The van der Waals surface area contributed by atoms with Crippen LogP contribution in [0.15, 0.2) is 84.0 Å². The predicted octanol–water partition coefficient (Wildman–Crippen LogP) is 6.00. The number of hydrogen-bond acceptors (Lipinski definition) is 2. The highest BCUT2D eigenvalue weighted by Gasteiger charge is 2.31. The molecule has 0 N–H and O–H groups in total. The molecule has 0 aromatic heterocycles. The number of rotatable bonds is 3. The number of nitrogens with zero attached hydrogens (tertiary/aromatic N) is 2. The number of halogens is 1. The van der Waals surface area contributed by atoms with Gasteiger partial charge in [-0.05, 0) is 36.2 Å². The molecule has 1 aliphatic rings. The van der Waals surface area contributed by atoms with Crippen molar-refractivity contribution in [2.24, 2.45) is 5.10 Å². The van der Waals surface area contributed by atoms with E-state index in [1.165, 1.54) is 11.1 Å². The van der Waals surface area contributed by atoms with Crippen molar-refractivity contribution in [3.63, 3.8) is 0 Å². The minimum Gasteiger partial charge on any atom is -0.257 e. The van der Waals surface area contributed by atoms with Crippen molar-refractivity contribution < 1.29 is 0 Å². The zero-order valence-electron chi connectivity index (χ0n) is 14.1. The third-order valence-corrected chi connectivity index (χ3v) is 4.92. The molecule has 0 saturated carbocycles. The smallest absolute Gasteiger partial charge is 0.0846 e. The van der Waals surface area contributed by atoms with Gasteiger partial charge in [-0.1, -0.05) is 77.8 Å². The molecule has 3 aromatic rings. The molecular weight excluding hydrogens is 328 g/mol. The van der Waals surface area contributed by atoms with Crippen LogP contribution in [0.3, 0.4) is 0 Å². The molecule has 0 aliphatic carbocycles. The summed E-state index contributed by atoms with van der Waals surface area (Å²) in [5.74, 6) is 0. The summed E-state index contributed by atoms with van der Waals surface area (Å²) in [4.78, 5) is 0. The SMILES string of the molecule is Cc1ccc(C2=NN(c3ccccc3)C(c3ccccc3Cl)C2)cc1. The molecule has 0 amide bonds. The Morgan fingerprint density at radius 2 is 1.56 bits per heavy atom. The monoisotopic (exact) mass is 346 g/mol. The fraction of sp³-hybridized carbons (Fsp3) is 0.136. The van der Waals surface area contributed by atoms with Crippen LogP contribution in [0.1, 0.15) is 29.2 Å². The van der Waals surface area contributed by atoms with Crippen molar-refractivity contribution in [1.29, 1.82) is 0 Å². The van der Waals surface area contributed by atoms with Gasteiger partial charge in [0.1, 0.15) is 0 Å². The molecule has 2 nitrogen and oxygen atoms in total. The van der Waals surface area contributed by atoms with Crippen LogP contribution in [0, 0.1) is 6.92 Å². The first-order valence-corrected chi connectivity index (χ1v) is 8.83. The van der Waals surface area contributed by atoms with E-state index < -0.39 is 0 Å². The number of benzene rings is 3. The Kier molecular flexibility index (Phi) is 4.29. The van der Waals surface area contributed by atoms with E-state index in [0.29, 0.717) is 0 Å². The van der Waals surface area contributed by atoms with Crippen molar-refractivity contribution >= 4 is 23.0 Å². The standard InChI is InChI=1S/C22H19ClN2/c1-16-11-13-17(14-12-16)21-15-22(19-9-5-6-10-20(19)23)25(24-21)18-7-3-2-4-8-18/h2-14,22H,15H2,1H3. The summed E-state index contributed by atoms with van der Waals surface area (Å²) >= 11 is 6.49. The van der Waals surface area contributed by atoms with E-state index in [-0.39, 0.29) is 6.04 Å². The fourth-order valence-electron chi connectivity index (χ4n) is 3.24. The lowest BCUT2D eigenvalue weighted by Crippen LogP contribution is -2.18. The Hall–Kier alpha value is -2.58. The van der Waals surface area contributed by atoms with E-state index >= 15 is 0 Å². The van der Waals surface area contributed by atoms with E-state index in [1.54, 1.807) is 0 Å². The van der Waals surface area contributed by atoms with Crippen molar-refractivity contribution in [3.8, 4) is 0 Å². The zero-order chi connectivity index (χ0) is 17.2. The minimum absolute atomic E-state index is 0.104. The molecule has 0 spiro atoms. The average molecular weight is 347 g/mol. The molecule has 0 fully saturated rings. The molecule has 4 rings (SSSR count). The molecular formula is C22H19ClN2. The van der Waals surface area contributed by atoms with Gasteiger partial charge in [-0.2, -0.15) is 5.10 Å². The molecule has 1 unspecified atom stereocenters. The predicted molar refractivity (Wildman–Crippen MR) is 105 cm³/mol. The van der Waals surface area contributed by atoms with E-state index in [0.717, 1.165) is 28.4 Å². The zero-order valence-corrected chi connectivity index (χ0v) is 14.8. The van der Waals surface area contributed by atoms with Gasteiger partial charge in [-0.15, -0.1) is 0 Å². The lowest BCUT2D eigenvalue weighted by atomic mass is 9.97. The first-order chi connectivity index (χ1) is 12.2. The second kappa shape index (κ2) is 6.73. The second-order valence-corrected chi connectivity index (χ2v) is 6.74. The Labute approximate surface area is 153 Å². The second-order valence-electron chi connectivity index (χ2n) is 6.33. The van der Waals surface area contributed by atoms with Crippen molar-refractivity contribution in [3.05, 3.63) is 101 Å². The van der Waals surface area contributed by atoms with Crippen LogP contribution < -0.4 is 5.01 Å². The molecule has 0 saturated heterocycles. The summed E-state index contributed by atoms with van der Waals surface area (Å²) in [5, 5.41) is 7.83. The van der Waals surface area contributed by atoms with Gasteiger partial charge in [0, 0.05) is 11.4 Å². The Balaban J connectivity index is 1.77. The van der Waals surface area contributed by atoms with Crippen LogP contribution in [0.25, 0.3) is 0 Å². The number of hydrazone groups is 1. The number of aryl methyl sites for hydroxylation is 1. The van der Waals surface area contributed by atoms with Crippen LogP contribution >= 0.6 is 11.6 Å². The first kappa shape index (κ1) is 15.9. The molecule has 1 atom stereocenters. The van der Waals surface area contributed by atoms with E-state index in [4.69, 9.17) is 16.7 Å². The largest absolute Gasteiger partial charge is 0.257 e. The molecule has 1 aliphatic heterocycles. The number of anilines is 1. The van der Waals surface area contributed by atoms with Gasteiger partial charge in [0.05, 0.1) is 17.4 Å². The van der Waals surface area contributed by atoms with E-state index in [1.807, 2.05) is 36.4 Å². The lowest BCUT2D eigenvalue weighted by Gasteiger charge is -2.24. The van der Waals surface area contributed by atoms with E-state index in [9.17, 15) is 0 Å². The van der Waals surface area contributed by atoms with Gasteiger partial charge in [0.2, 0.25) is 0 Å². The van der Waals surface area contributed by atoms with Gasteiger partial charge in [0.25, 0.3) is 0 Å². The Morgan fingerprint density at radius 1 is 0.880 bits per heavy atom. The van der Waals surface area contributed by atoms with Crippen LogP contribution in [-0.4, -0.2) is 5.71 Å². The summed E-state index contributed by atoms with van der Waals surface area (Å²) in [6.45, 7) is 2.10. The van der Waals surface area contributed by atoms with Gasteiger partial charge < -0.3 is 0 Å². The van der Waals surface area contributed by atoms with Crippen molar-refractivity contribution in [1.82, 2.24) is 0 Å². The molecule has 25 heavy (non-hydrogen) atoms. The molecule has 124 valence electrons. The summed E-state index contributed by atoms with van der Waals surface area (Å²) in [7, 11) is 0. The number of hydrogen-bond donors (Lipinski definition) is 0. The van der Waals surface area contributed by atoms with Gasteiger partial charge >= 0.3 is 0 Å². The highest BCUT2D eigenvalue weighted by atomic mass is 35.5. The molecule has 1 heterocycles. The summed E-state index contributed by atoms with van der Waals surface area (Å²) < 4.78 is 0. The van der Waals surface area contributed by atoms with Gasteiger partial charge in [-0.25, -0.2) is 0 Å². The molecule has 3 aromatic carbocycles. The topological polar surface area (TPSA) is 15.6 Å². The van der Waals surface area contributed by atoms with Gasteiger partial charge in [0.15, 0.2) is 0 Å². The maximum atomic E-state index is 6.49. The Bertz CT molecular complexity index is 901. The summed E-state index contributed by atoms with van der Waals surface area (Å²) in [5.41, 5.74) is 5.70. The van der Waals surface area contributed by atoms with Crippen LogP contribution in [0.2, 0.25) is 5.02 Å². The van der Waals surface area contributed by atoms with Crippen molar-refractivity contribution in [2.75, 3.05) is 5.01 Å². The minimum atomic E-state index is 0.104. The maximum Gasteiger partial charge on any atom is 0.0846 e. The van der Waals surface area contributed by atoms with Crippen molar-refractivity contribution in [2.45, 2.75) is 19.4 Å². The quantitative estimate of drug-likeness (QED) is 0.567. The van der Waals surface area contributed by atoms with E-state index in [2.05, 4.69) is 54.4 Å². The highest BCUT2D eigenvalue weighted by molar-refractivity contribution is 6.31. The van der Waals surface area contributed by atoms with Crippen LogP contribution in [0.4, 0.5) is 5.69 Å². The fourth-order valence-corrected chi connectivity index (χ4v) is 3.50. The van der Waals surface area contributed by atoms with Crippen LogP contribution in [-0.2, 0) is 0 Å².